The summed E-state index contributed by atoms with van der Waals surface area (Å²) in [5.41, 5.74) is 2.70. The van der Waals surface area contributed by atoms with Gasteiger partial charge >= 0.3 is 0 Å². The molecule has 0 aliphatic carbocycles. The van der Waals surface area contributed by atoms with Crippen molar-refractivity contribution in [1.82, 2.24) is 0 Å². The number of aryl methyl sites for hydroxylation is 2. The molecule has 0 N–H and O–H groups in total. The second-order valence-electron chi connectivity index (χ2n) is 4.92. The molecule has 0 aliphatic rings. The standard InChI is InChI=1S/C15H24OS/c1-5-15(6-2,11-17)10-16-14-8-7-12(3)9-13(14)4/h7-9,17H,5-6,10-11H2,1-4H3. The van der Waals surface area contributed by atoms with E-state index in [1.54, 1.807) is 0 Å². The van der Waals surface area contributed by atoms with Gasteiger partial charge in [-0.25, -0.2) is 0 Å². The van der Waals surface area contributed by atoms with Crippen LogP contribution in [0.3, 0.4) is 0 Å². The first-order valence-electron chi connectivity index (χ1n) is 6.38. The lowest BCUT2D eigenvalue weighted by Crippen LogP contribution is -2.29. The van der Waals surface area contributed by atoms with Crippen LogP contribution in [0.15, 0.2) is 18.2 Å². The zero-order chi connectivity index (χ0) is 12.9. The molecule has 1 aromatic carbocycles. The zero-order valence-corrected chi connectivity index (χ0v) is 12.3. The third kappa shape index (κ3) is 3.67. The molecule has 0 heterocycles. The summed E-state index contributed by atoms with van der Waals surface area (Å²) in [6.45, 7) is 9.39. The van der Waals surface area contributed by atoms with Crippen LogP contribution in [0, 0.1) is 19.3 Å². The smallest absolute Gasteiger partial charge is 0.122 e. The van der Waals surface area contributed by atoms with E-state index in [-0.39, 0.29) is 5.41 Å². The van der Waals surface area contributed by atoms with E-state index in [2.05, 4.69) is 58.5 Å². The molecule has 0 fully saturated rings. The molecule has 0 amide bonds. The van der Waals surface area contributed by atoms with Gasteiger partial charge in [0.05, 0.1) is 6.61 Å². The van der Waals surface area contributed by atoms with Crippen molar-refractivity contribution in [2.45, 2.75) is 40.5 Å². The summed E-state index contributed by atoms with van der Waals surface area (Å²) < 4.78 is 5.98. The van der Waals surface area contributed by atoms with Gasteiger partial charge in [0.2, 0.25) is 0 Å². The molecule has 0 aromatic heterocycles. The van der Waals surface area contributed by atoms with Crippen molar-refractivity contribution < 1.29 is 4.74 Å². The maximum Gasteiger partial charge on any atom is 0.122 e. The van der Waals surface area contributed by atoms with Gasteiger partial charge in [0.25, 0.3) is 0 Å². The normalized spacial score (nSPS) is 11.6. The SMILES string of the molecule is CCC(CC)(CS)COc1ccc(C)cc1C. The minimum absolute atomic E-state index is 0.209. The average molecular weight is 252 g/mol. The predicted molar refractivity (Wildman–Crippen MR) is 78.3 cm³/mol. The Morgan fingerprint density at radius 1 is 1.18 bits per heavy atom. The Kier molecular flexibility index (Phi) is 5.38. The molecule has 0 saturated heterocycles. The molecule has 0 atom stereocenters. The van der Waals surface area contributed by atoms with Crippen LogP contribution in [0.5, 0.6) is 5.75 Å². The van der Waals surface area contributed by atoms with Crippen molar-refractivity contribution in [3.05, 3.63) is 29.3 Å². The van der Waals surface area contributed by atoms with Crippen LogP contribution in [0.1, 0.15) is 37.8 Å². The van der Waals surface area contributed by atoms with Crippen molar-refractivity contribution in [2.75, 3.05) is 12.4 Å². The summed E-state index contributed by atoms with van der Waals surface area (Å²) in [6.07, 6.45) is 2.22. The Morgan fingerprint density at radius 2 is 1.82 bits per heavy atom. The van der Waals surface area contributed by atoms with Crippen LogP contribution in [0.25, 0.3) is 0 Å². The fourth-order valence-corrected chi connectivity index (χ4v) is 2.45. The van der Waals surface area contributed by atoms with Crippen molar-refractivity contribution in [3.63, 3.8) is 0 Å². The third-order valence-electron chi connectivity index (χ3n) is 3.70. The molecule has 0 saturated carbocycles. The van der Waals surface area contributed by atoms with Crippen LogP contribution in [-0.4, -0.2) is 12.4 Å². The van der Waals surface area contributed by atoms with Crippen LogP contribution in [0.2, 0.25) is 0 Å². The fourth-order valence-electron chi connectivity index (χ4n) is 1.92. The van der Waals surface area contributed by atoms with E-state index in [0.717, 1.165) is 31.0 Å². The second-order valence-corrected chi connectivity index (χ2v) is 5.24. The molecule has 0 radical (unpaired) electrons. The Balaban J connectivity index is 2.72. The molecule has 0 bridgehead atoms. The van der Waals surface area contributed by atoms with Crippen LogP contribution >= 0.6 is 12.6 Å². The van der Waals surface area contributed by atoms with E-state index in [9.17, 15) is 0 Å². The van der Waals surface area contributed by atoms with Gasteiger partial charge in [0.15, 0.2) is 0 Å². The maximum absolute atomic E-state index is 5.98. The zero-order valence-electron chi connectivity index (χ0n) is 11.4. The Hall–Kier alpha value is -0.630. The quantitative estimate of drug-likeness (QED) is 0.737. The Bertz CT molecular complexity index is 348. The van der Waals surface area contributed by atoms with E-state index in [1.165, 1.54) is 11.1 Å². The van der Waals surface area contributed by atoms with E-state index in [4.69, 9.17) is 4.74 Å². The molecule has 0 spiro atoms. The van der Waals surface area contributed by atoms with Gasteiger partial charge in [-0.3, -0.25) is 0 Å². The maximum atomic E-state index is 5.98. The highest BCUT2D eigenvalue weighted by atomic mass is 32.1. The average Bonchev–Trinajstić information content (AvgIpc) is 2.33. The lowest BCUT2D eigenvalue weighted by atomic mass is 9.85. The predicted octanol–water partition coefficient (Wildman–Crippen LogP) is 4.42. The highest BCUT2D eigenvalue weighted by Gasteiger charge is 2.25. The van der Waals surface area contributed by atoms with Gasteiger partial charge in [-0.1, -0.05) is 31.5 Å². The lowest BCUT2D eigenvalue weighted by molar-refractivity contribution is 0.156. The first-order chi connectivity index (χ1) is 8.06. The molecule has 2 heteroatoms. The minimum atomic E-state index is 0.209. The fraction of sp³-hybridized carbons (Fsp3) is 0.600. The number of ether oxygens (including phenoxy) is 1. The summed E-state index contributed by atoms with van der Waals surface area (Å²) in [4.78, 5) is 0. The second kappa shape index (κ2) is 6.34. The molecule has 96 valence electrons. The number of benzene rings is 1. The highest BCUT2D eigenvalue weighted by Crippen LogP contribution is 2.30. The molecule has 0 aliphatic heterocycles. The van der Waals surface area contributed by atoms with Crippen molar-refractivity contribution >= 4 is 12.6 Å². The molecule has 1 nitrogen and oxygen atoms in total. The van der Waals surface area contributed by atoms with Crippen LogP contribution in [-0.2, 0) is 0 Å². The van der Waals surface area contributed by atoms with Gasteiger partial charge in [-0.05, 0) is 44.1 Å². The number of hydrogen-bond donors (Lipinski definition) is 1. The summed E-state index contributed by atoms with van der Waals surface area (Å²) in [6, 6.07) is 6.33. The Labute approximate surface area is 111 Å². The monoisotopic (exact) mass is 252 g/mol. The van der Waals surface area contributed by atoms with E-state index < -0.39 is 0 Å². The van der Waals surface area contributed by atoms with Gasteiger partial charge in [-0.15, -0.1) is 0 Å². The molecule has 0 unspecified atom stereocenters. The highest BCUT2D eigenvalue weighted by molar-refractivity contribution is 7.80. The first-order valence-corrected chi connectivity index (χ1v) is 7.01. The summed E-state index contributed by atoms with van der Waals surface area (Å²) in [5, 5.41) is 0. The summed E-state index contributed by atoms with van der Waals surface area (Å²) in [7, 11) is 0. The number of hydrogen-bond acceptors (Lipinski definition) is 2. The van der Waals surface area contributed by atoms with E-state index in [1.807, 2.05) is 0 Å². The minimum Gasteiger partial charge on any atom is -0.493 e. The van der Waals surface area contributed by atoms with Crippen LogP contribution in [0.4, 0.5) is 0 Å². The van der Waals surface area contributed by atoms with E-state index in [0.29, 0.717) is 0 Å². The third-order valence-corrected chi connectivity index (χ3v) is 4.37. The molecule has 1 rings (SSSR count). The molecular formula is C15H24OS. The van der Waals surface area contributed by atoms with Gasteiger partial charge in [0.1, 0.15) is 5.75 Å². The van der Waals surface area contributed by atoms with E-state index >= 15 is 0 Å². The van der Waals surface area contributed by atoms with Crippen molar-refractivity contribution in [2.24, 2.45) is 5.41 Å². The number of thiol groups is 1. The summed E-state index contributed by atoms with van der Waals surface area (Å²) in [5.74, 6) is 1.88. The van der Waals surface area contributed by atoms with Crippen molar-refractivity contribution in [1.29, 1.82) is 0 Å². The molecule has 1 aromatic rings. The summed E-state index contributed by atoms with van der Waals surface area (Å²) >= 11 is 4.47. The Morgan fingerprint density at radius 3 is 2.29 bits per heavy atom. The first kappa shape index (κ1) is 14.4. The lowest BCUT2D eigenvalue weighted by Gasteiger charge is -2.30. The topological polar surface area (TPSA) is 9.23 Å². The van der Waals surface area contributed by atoms with Gasteiger partial charge < -0.3 is 4.74 Å². The van der Waals surface area contributed by atoms with Crippen molar-refractivity contribution in [3.8, 4) is 5.75 Å². The molecule has 17 heavy (non-hydrogen) atoms. The number of rotatable bonds is 6. The van der Waals surface area contributed by atoms with Crippen LogP contribution < -0.4 is 4.74 Å². The van der Waals surface area contributed by atoms with Gasteiger partial charge in [-0.2, -0.15) is 12.6 Å². The largest absolute Gasteiger partial charge is 0.493 e. The van der Waals surface area contributed by atoms with Gasteiger partial charge in [0, 0.05) is 5.41 Å². The molecular weight excluding hydrogens is 228 g/mol.